The Morgan fingerprint density at radius 2 is 2.21 bits per heavy atom. The molecule has 2 amide bonds. The van der Waals surface area contributed by atoms with Crippen LogP contribution in [0.25, 0.3) is 0 Å². The number of carboxylic acid groups (broad SMARTS) is 1. The van der Waals surface area contributed by atoms with E-state index in [1.54, 1.807) is 0 Å². The number of nitrogens with zero attached hydrogens (tertiary/aromatic N) is 1. The minimum Gasteiger partial charge on any atom is -0.480 e. The molecule has 0 bridgehead atoms. The van der Waals surface area contributed by atoms with E-state index in [9.17, 15) is 9.59 Å². The molecule has 1 rings (SSSR count). The number of urea groups is 1. The minimum atomic E-state index is -0.936. The fourth-order valence-electron chi connectivity index (χ4n) is 1.18. The van der Waals surface area contributed by atoms with Crippen LogP contribution >= 0.6 is 11.8 Å². The summed E-state index contributed by atoms with van der Waals surface area (Å²) in [4.78, 5) is 23.6. The van der Waals surface area contributed by atoms with E-state index in [0.29, 0.717) is 11.6 Å². The largest absolute Gasteiger partial charge is 0.480 e. The van der Waals surface area contributed by atoms with Gasteiger partial charge in [-0.15, -0.1) is 11.8 Å². The first-order valence-electron chi connectivity index (χ1n) is 4.40. The Morgan fingerprint density at radius 3 is 2.71 bits per heavy atom. The van der Waals surface area contributed by atoms with Gasteiger partial charge in [-0.3, -0.25) is 0 Å². The summed E-state index contributed by atoms with van der Waals surface area (Å²) in [5.74, 6) is -0.00925. The zero-order valence-corrected chi connectivity index (χ0v) is 9.00. The van der Waals surface area contributed by atoms with E-state index in [-0.39, 0.29) is 12.1 Å². The zero-order valence-electron chi connectivity index (χ0n) is 8.19. The monoisotopic (exact) mass is 218 g/mol. The summed E-state index contributed by atoms with van der Waals surface area (Å²) >= 11 is 1.46. The van der Waals surface area contributed by atoms with Crippen LogP contribution in [0.5, 0.6) is 0 Å². The van der Waals surface area contributed by atoms with Gasteiger partial charge in [0, 0.05) is 11.8 Å². The molecule has 0 radical (unpaired) electrons. The number of hydrogen-bond acceptors (Lipinski definition) is 3. The molecule has 0 aromatic rings. The maximum Gasteiger partial charge on any atom is 0.327 e. The van der Waals surface area contributed by atoms with Crippen molar-refractivity contribution < 1.29 is 14.7 Å². The molecule has 5 nitrogen and oxygen atoms in total. The lowest BCUT2D eigenvalue weighted by atomic mass is 10.3. The normalized spacial score (nSPS) is 21.4. The summed E-state index contributed by atoms with van der Waals surface area (Å²) in [6.07, 6.45) is 0. The second kappa shape index (κ2) is 4.54. The average molecular weight is 218 g/mol. The Balaban J connectivity index is 2.58. The fraction of sp³-hybridized carbons (Fsp3) is 0.750. The number of carbonyl (C=O) groups excluding carboxylic acids is 1. The molecular weight excluding hydrogens is 204 g/mol. The van der Waals surface area contributed by atoms with Crippen LogP contribution in [0, 0.1) is 0 Å². The first-order valence-corrected chi connectivity index (χ1v) is 5.55. The van der Waals surface area contributed by atoms with Crippen molar-refractivity contribution in [2.45, 2.75) is 25.9 Å². The van der Waals surface area contributed by atoms with E-state index in [4.69, 9.17) is 5.11 Å². The zero-order chi connectivity index (χ0) is 10.7. The van der Waals surface area contributed by atoms with Gasteiger partial charge in [-0.2, -0.15) is 0 Å². The lowest BCUT2D eigenvalue weighted by molar-refractivity contribution is -0.140. The van der Waals surface area contributed by atoms with E-state index >= 15 is 0 Å². The number of rotatable bonds is 2. The van der Waals surface area contributed by atoms with Crippen molar-refractivity contribution in [3.8, 4) is 0 Å². The van der Waals surface area contributed by atoms with E-state index < -0.39 is 12.0 Å². The molecule has 1 unspecified atom stereocenters. The highest BCUT2D eigenvalue weighted by Crippen LogP contribution is 2.20. The van der Waals surface area contributed by atoms with Crippen molar-refractivity contribution in [2.75, 3.05) is 11.6 Å². The molecule has 1 aliphatic heterocycles. The molecule has 6 heteroatoms. The maximum absolute atomic E-state index is 11.5. The van der Waals surface area contributed by atoms with Crippen LogP contribution in [0.4, 0.5) is 4.79 Å². The fourth-order valence-corrected chi connectivity index (χ4v) is 2.32. The van der Waals surface area contributed by atoms with Gasteiger partial charge < -0.3 is 15.3 Å². The number of carbonyl (C=O) groups is 2. The van der Waals surface area contributed by atoms with Gasteiger partial charge in [0.05, 0.1) is 5.88 Å². The van der Waals surface area contributed by atoms with Crippen LogP contribution < -0.4 is 5.32 Å². The predicted molar refractivity (Wildman–Crippen MR) is 54.3 cm³/mol. The van der Waals surface area contributed by atoms with Crippen LogP contribution in [-0.2, 0) is 4.79 Å². The quantitative estimate of drug-likeness (QED) is 0.710. The van der Waals surface area contributed by atoms with Gasteiger partial charge in [0.1, 0.15) is 6.04 Å². The third-order valence-electron chi connectivity index (χ3n) is 1.84. The highest BCUT2D eigenvalue weighted by molar-refractivity contribution is 7.99. The molecular formula is C8H14N2O3S. The molecule has 0 spiro atoms. The van der Waals surface area contributed by atoms with Gasteiger partial charge in [-0.05, 0) is 13.8 Å². The molecule has 0 aromatic carbocycles. The van der Waals surface area contributed by atoms with Gasteiger partial charge >= 0.3 is 12.0 Å². The third-order valence-corrected chi connectivity index (χ3v) is 2.85. The van der Waals surface area contributed by atoms with E-state index in [1.165, 1.54) is 16.7 Å². The Kier molecular flexibility index (Phi) is 3.62. The van der Waals surface area contributed by atoms with Crippen LogP contribution in [0.3, 0.4) is 0 Å². The SMILES string of the molecule is CC(C)NC(=O)N1CSCC1C(=O)O. The van der Waals surface area contributed by atoms with Crippen LogP contribution in [0.1, 0.15) is 13.8 Å². The van der Waals surface area contributed by atoms with E-state index in [1.807, 2.05) is 13.8 Å². The molecule has 2 N–H and O–H groups in total. The average Bonchev–Trinajstić information content (AvgIpc) is 2.49. The number of nitrogens with one attached hydrogen (secondary N) is 1. The topological polar surface area (TPSA) is 69.6 Å². The van der Waals surface area contributed by atoms with Gasteiger partial charge in [-0.25, -0.2) is 9.59 Å². The molecule has 1 heterocycles. The Bertz CT molecular complexity index is 245. The van der Waals surface area contributed by atoms with Crippen molar-refractivity contribution >= 4 is 23.8 Å². The van der Waals surface area contributed by atoms with Crippen molar-refractivity contribution in [1.82, 2.24) is 10.2 Å². The molecule has 14 heavy (non-hydrogen) atoms. The third kappa shape index (κ3) is 2.54. The summed E-state index contributed by atoms with van der Waals surface area (Å²) in [5.41, 5.74) is 0. The minimum absolute atomic E-state index is 0.0301. The Hall–Kier alpha value is -0.910. The maximum atomic E-state index is 11.5. The van der Waals surface area contributed by atoms with Gasteiger partial charge in [-0.1, -0.05) is 0 Å². The molecule has 80 valence electrons. The summed E-state index contributed by atoms with van der Waals surface area (Å²) < 4.78 is 0. The van der Waals surface area contributed by atoms with Gasteiger partial charge in [0.15, 0.2) is 0 Å². The highest BCUT2D eigenvalue weighted by atomic mass is 32.2. The number of carboxylic acids is 1. The standard InChI is InChI=1S/C8H14N2O3S/c1-5(2)9-8(13)10-4-14-3-6(10)7(11)12/h5-6H,3-4H2,1-2H3,(H,9,13)(H,11,12). The molecule has 0 aliphatic carbocycles. The number of amides is 2. The number of thioether (sulfide) groups is 1. The highest BCUT2D eigenvalue weighted by Gasteiger charge is 2.34. The Morgan fingerprint density at radius 1 is 1.57 bits per heavy atom. The summed E-state index contributed by atoms with van der Waals surface area (Å²) in [5, 5.41) is 11.5. The molecule has 1 saturated heterocycles. The van der Waals surface area contributed by atoms with Crippen molar-refractivity contribution in [3.05, 3.63) is 0 Å². The second-order valence-corrected chi connectivity index (χ2v) is 4.43. The smallest absolute Gasteiger partial charge is 0.327 e. The predicted octanol–water partition coefficient (Wildman–Crippen LogP) is 0.564. The lowest BCUT2D eigenvalue weighted by Crippen LogP contribution is -2.48. The van der Waals surface area contributed by atoms with Crippen molar-refractivity contribution in [3.63, 3.8) is 0 Å². The summed E-state index contributed by atoms with van der Waals surface area (Å²) in [6, 6.07) is -0.946. The first kappa shape index (κ1) is 11.2. The summed E-state index contributed by atoms with van der Waals surface area (Å²) in [6.45, 7) is 3.69. The van der Waals surface area contributed by atoms with Crippen LogP contribution in [-0.4, -0.2) is 45.7 Å². The van der Waals surface area contributed by atoms with Crippen molar-refractivity contribution in [2.24, 2.45) is 0 Å². The summed E-state index contributed by atoms with van der Waals surface area (Å²) in [7, 11) is 0. The second-order valence-electron chi connectivity index (χ2n) is 3.43. The van der Waals surface area contributed by atoms with Gasteiger partial charge in [0.25, 0.3) is 0 Å². The van der Waals surface area contributed by atoms with Gasteiger partial charge in [0.2, 0.25) is 0 Å². The molecule has 1 aliphatic rings. The molecule has 0 aromatic heterocycles. The Labute approximate surface area is 86.8 Å². The lowest BCUT2D eigenvalue weighted by Gasteiger charge is -2.22. The van der Waals surface area contributed by atoms with E-state index in [0.717, 1.165) is 0 Å². The van der Waals surface area contributed by atoms with Crippen molar-refractivity contribution in [1.29, 1.82) is 0 Å². The van der Waals surface area contributed by atoms with Crippen LogP contribution in [0.2, 0.25) is 0 Å². The first-order chi connectivity index (χ1) is 6.52. The molecule has 1 fully saturated rings. The number of aliphatic carboxylic acids is 1. The molecule has 1 atom stereocenters. The molecule has 0 saturated carbocycles. The van der Waals surface area contributed by atoms with Crippen LogP contribution in [0.15, 0.2) is 0 Å². The van der Waals surface area contributed by atoms with E-state index in [2.05, 4.69) is 5.32 Å². The number of hydrogen-bond donors (Lipinski definition) is 2.